The highest BCUT2D eigenvalue weighted by molar-refractivity contribution is 8.55. The van der Waals surface area contributed by atoms with Crippen LogP contribution in [-0.2, 0) is 21.4 Å². The summed E-state index contributed by atoms with van der Waals surface area (Å²) in [5.74, 6) is 1.27. The van der Waals surface area contributed by atoms with E-state index in [9.17, 15) is 4.57 Å². The van der Waals surface area contributed by atoms with Gasteiger partial charge in [0.05, 0.1) is 12.3 Å². The summed E-state index contributed by atoms with van der Waals surface area (Å²) in [4.78, 5) is 4.53. The van der Waals surface area contributed by atoms with Crippen LogP contribution in [0, 0.1) is 0 Å². The van der Waals surface area contributed by atoms with Crippen LogP contribution in [0.3, 0.4) is 0 Å². The van der Waals surface area contributed by atoms with Crippen molar-refractivity contribution in [2.45, 2.75) is 39.2 Å². The molecule has 0 radical (unpaired) electrons. The first-order valence-electron chi connectivity index (χ1n) is 7.89. The van der Waals surface area contributed by atoms with Crippen molar-refractivity contribution in [3.8, 4) is 5.75 Å². The quantitative estimate of drug-likeness (QED) is 0.493. The minimum absolute atomic E-state index is 0.0867. The molecule has 0 aliphatic heterocycles. The van der Waals surface area contributed by atoms with Gasteiger partial charge in [-0.1, -0.05) is 11.6 Å². The van der Waals surface area contributed by atoms with Gasteiger partial charge in [0.1, 0.15) is 17.4 Å². The zero-order valence-corrected chi connectivity index (χ0v) is 17.7. The molecule has 5 nitrogen and oxygen atoms in total. The Morgan fingerprint density at radius 2 is 2.08 bits per heavy atom. The molecule has 1 aromatic carbocycles. The second-order valence-corrected chi connectivity index (χ2v) is 11.1. The van der Waals surface area contributed by atoms with E-state index in [1.54, 1.807) is 12.1 Å². The third kappa shape index (κ3) is 7.29. The highest BCUT2D eigenvalue weighted by Gasteiger charge is 2.24. The first kappa shape index (κ1) is 20.7. The molecule has 1 aromatic heterocycles. The minimum atomic E-state index is -2.91. The van der Waals surface area contributed by atoms with E-state index in [1.165, 1.54) is 22.7 Å². The summed E-state index contributed by atoms with van der Waals surface area (Å²) in [5.41, 5.74) is 0.871. The summed E-state index contributed by atoms with van der Waals surface area (Å²) in [6.07, 6.45) is 0. The molecule has 0 saturated carbocycles. The van der Waals surface area contributed by atoms with Gasteiger partial charge < -0.3 is 9.26 Å². The molecule has 0 saturated heterocycles. The SMILES string of the molecule is CCO[P@](=O)(NC(C)C)SCc1csc(COc2ccc(Cl)cc2)n1. The summed E-state index contributed by atoms with van der Waals surface area (Å²) in [5, 5.41) is 6.52. The molecule has 0 aliphatic carbocycles. The molecule has 0 fully saturated rings. The van der Waals surface area contributed by atoms with E-state index in [0.717, 1.165) is 16.5 Å². The topological polar surface area (TPSA) is 60.5 Å². The highest BCUT2D eigenvalue weighted by Crippen LogP contribution is 2.57. The number of halogens is 1. The lowest BCUT2D eigenvalue weighted by Crippen LogP contribution is -2.19. The molecule has 2 rings (SSSR count). The van der Waals surface area contributed by atoms with E-state index in [1.807, 2.05) is 38.3 Å². The first-order chi connectivity index (χ1) is 11.9. The number of thiazole rings is 1. The Bertz CT molecular complexity index is 710. The Morgan fingerprint density at radius 3 is 2.72 bits per heavy atom. The van der Waals surface area contributed by atoms with E-state index < -0.39 is 6.72 Å². The molecule has 0 amide bonds. The molecule has 0 spiro atoms. The van der Waals surface area contributed by atoms with Crippen LogP contribution in [0.1, 0.15) is 31.5 Å². The summed E-state index contributed by atoms with van der Waals surface area (Å²) < 4.78 is 23.8. The number of rotatable bonds is 10. The van der Waals surface area contributed by atoms with E-state index in [-0.39, 0.29) is 6.04 Å². The van der Waals surface area contributed by atoms with Crippen molar-refractivity contribution in [3.63, 3.8) is 0 Å². The summed E-state index contributed by atoms with van der Waals surface area (Å²) >= 11 is 8.64. The van der Waals surface area contributed by atoms with Gasteiger partial charge in [0.2, 0.25) is 0 Å². The third-order valence-corrected chi connectivity index (χ3v) is 8.23. The molecule has 25 heavy (non-hydrogen) atoms. The van der Waals surface area contributed by atoms with Crippen molar-refractivity contribution >= 4 is 41.0 Å². The van der Waals surface area contributed by atoms with Crippen LogP contribution >= 0.6 is 41.0 Å². The average Bonchev–Trinajstić information content (AvgIpc) is 3.00. The number of hydrogen-bond donors (Lipinski definition) is 1. The van der Waals surface area contributed by atoms with Gasteiger partial charge in [0.25, 0.3) is 0 Å². The second-order valence-electron chi connectivity index (χ2n) is 5.45. The smallest absolute Gasteiger partial charge is 0.327 e. The molecule has 0 aliphatic rings. The number of nitrogens with one attached hydrogen (secondary N) is 1. The molecular weight excluding hydrogens is 399 g/mol. The standard InChI is InChI=1S/C16H22ClN2O3PS2/c1-4-22-23(20,19-12(2)3)25-11-14-10-24-16(18-14)9-21-15-7-5-13(17)6-8-15/h5-8,10,12H,4,9,11H2,1-3H3,(H,19,20)/t23-/m1/s1. The molecule has 138 valence electrons. The fourth-order valence-electron chi connectivity index (χ4n) is 1.91. The molecule has 0 bridgehead atoms. The Labute approximate surface area is 161 Å². The van der Waals surface area contributed by atoms with Gasteiger partial charge in [-0.05, 0) is 56.4 Å². The van der Waals surface area contributed by atoms with Crippen LogP contribution in [0.4, 0.5) is 0 Å². The van der Waals surface area contributed by atoms with Crippen molar-refractivity contribution in [1.29, 1.82) is 0 Å². The molecule has 1 atom stereocenters. The molecule has 1 N–H and O–H groups in total. The van der Waals surface area contributed by atoms with Crippen molar-refractivity contribution in [3.05, 3.63) is 45.4 Å². The normalized spacial score (nSPS) is 13.8. The molecular formula is C16H22ClN2O3PS2. The van der Waals surface area contributed by atoms with E-state index in [4.69, 9.17) is 20.9 Å². The lowest BCUT2D eigenvalue weighted by molar-refractivity contribution is 0.305. The fraction of sp³-hybridized carbons (Fsp3) is 0.438. The average molecular weight is 421 g/mol. The number of benzene rings is 1. The van der Waals surface area contributed by atoms with Crippen LogP contribution in [-0.4, -0.2) is 17.6 Å². The van der Waals surface area contributed by atoms with Gasteiger partial charge in [-0.2, -0.15) is 0 Å². The van der Waals surface area contributed by atoms with Gasteiger partial charge in [0.15, 0.2) is 0 Å². The van der Waals surface area contributed by atoms with Gasteiger partial charge >= 0.3 is 6.72 Å². The summed E-state index contributed by atoms with van der Waals surface area (Å²) in [6, 6.07) is 7.30. The molecule has 1 heterocycles. The highest BCUT2D eigenvalue weighted by atomic mass is 35.5. The monoisotopic (exact) mass is 420 g/mol. The predicted octanol–water partition coefficient (Wildman–Crippen LogP) is 5.75. The van der Waals surface area contributed by atoms with E-state index in [2.05, 4.69) is 10.1 Å². The fourth-order valence-corrected chi connectivity index (χ4v) is 6.79. The minimum Gasteiger partial charge on any atom is -0.486 e. The van der Waals surface area contributed by atoms with Gasteiger partial charge in [0, 0.05) is 22.2 Å². The molecule has 2 aromatic rings. The summed E-state index contributed by atoms with van der Waals surface area (Å²) in [7, 11) is 0. The maximum Gasteiger partial charge on any atom is 0.327 e. The maximum atomic E-state index is 12.7. The lowest BCUT2D eigenvalue weighted by Gasteiger charge is -2.19. The zero-order valence-electron chi connectivity index (χ0n) is 14.4. The van der Waals surface area contributed by atoms with Crippen LogP contribution in [0.5, 0.6) is 5.75 Å². The Hall–Kier alpha value is -0.560. The number of nitrogens with zero attached hydrogens (tertiary/aromatic N) is 1. The van der Waals surface area contributed by atoms with Crippen molar-refractivity contribution in [2.24, 2.45) is 0 Å². The van der Waals surface area contributed by atoms with Gasteiger partial charge in [-0.15, -0.1) is 11.3 Å². The molecule has 0 unspecified atom stereocenters. The Balaban J connectivity index is 1.87. The van der Waals surface area contributed by atoms with E-state index in [0.29, 0.717) is 24.0 Å². The Kier molecular flexibility index (Phi) is 8.26. The van der Waals surface area contributed by atoms with Crippen molar-refractivity contribution in [1.82, 2.24) is 10.1 Å². The summed E-state index contributed by atoms with van der Waals surface area (Å²) in [6.45, 7) is 3.61. The van der Waals surface area contributed by atoms with Crippen molar-refractivity contribution < 1.29 is 13.8 Å². The van der Waals surface area contributed by atoms with Gasteiger partial charge in [-0.25, -0.2) is 10.1 Å². The predicted molar refractivity (Wildman–Crippen MR) is 107 cm³/mol. The van der Waals surface area contributed by atoms with Crippen LogP contribution < -0.4 is 9.82 Å². The Morgan fingerprint density at radius 1 is 1.36 bits per heavy atom. The van der Waals surface area contributed by atoms with Crippen LogP contribution in [0.15, 0.2) is 29.6 Å². The largest absolute Gasteiger partial charge is 0.486 e. The first-order valence-corrected chi connectivity index (χ1v) is 12.4. The van der Waals surface area contributed by atoms with E-state index >= 15 is 0 Å². The number of ether oxygens (including phenoxy) is 1. The zero-order chi connectivity index (χ0) is 18.3. The van der Waals surface area contributed by atoms with Gasteiger partial charge in [-0.3, -0.25) is 4.57 Å². The van der Waals surface area contributed by atoms with Crippen LogP contribution in [0.2, 0.25) is 5.02 Å². The maximum absolute atomic E-state index is 12.7. The van der Waals surface area contributed by atoms with Crippen molar-refractivity contribution in [2.75, 3.05) is 6.61 Å². The molecule has 9 heteroatoms. The van der Waals surface area contributed by atoms with Crippen LogP contribution in [0.25, 0.3) is 0 Å². The lowest BCUT2D eigenvalue weighted by atomic mass is 10.3. The second kappa shape index (κ2) is 9.95. The number of hydrogen-bond acceptors (Lipinski definition) is 6. The third-order valence-electron chi connectivity index (χ3n) is 2.87. The number of aromatic nitrogens is 1.